The molecular weight excluding hydrogens is 322 g/mol. The highest BCUT2D eigenvalue weighted by molar-refractivity contribution is 7.99. The van der Waals surface area contributed by atoms with Crippen LogP contribution >= 0.6 is 23.4 Å². The average molecular weight is 344 g/mol. The minimum Gasteiger partial charge on any atom is -0.379 e. The van der Waals surface area contributed by atoms with Gasteiger partial charge in [-0.3, -0.25) is 4.79 Å². The molecule has 0 aromatic heterocycles. The van der Waals surface area contributed by atoms with Gasteiger partial charge < -0.3 is 14.8 Å². The summed E-state index contributed by atoms with van der Waals surface area (Å²) in [5.74, 6) is 0.887. The van der Waals surface area contributed by atoms with Gasteiger partial charge in [0.15, 0.2) is 0 Å². The van der Waals surface area contributed by atoms with E-state index in [1.165, 1.54) is 4.90 Å². The highest BCUT2D eigenvalue weighted by atomic mass is 35.5. The van der Waals surface area contributed by atoms with E-state index in [1.54, 1.807) is 18.7 Å². The summed E-state index contributed by atoms with van der Waals surface area (Å²) in [6.45, 7) is 5.27. The van der Waals surface area contributed by atoms with Gasteiger partial charge in [-0.1, -0.05) is 11.6 Å². The summed E-state index contributed by atoms with van der Waals surface area (Å²) in [7, 11) is 0. The molecule has 22 heavy (non-hydrogen) atoms. The van der Waals surface area contributed by atoms with Crippen LogP contribution in [0.1, 0.15) is 31.9 Å². The summed E-state index contributed by atoms with van der Waals surface area (Å²) in [5.41, 5.74) is 1.10. The fourth-order valence-corrected chi connectivity index (χ4v) is 3.59. The van der Waals surface area contributed by atoms with Crippen LogP contribution in [0.5, 0.6) is 0 Å². The largest absolute Gasteiger partial charge is 0.379 e. The van der Waals surface area contributed by atoms with Gasteiger partial charge in [0.25, 0.3) is 0 Å². The zero-order valence-corrected chi connectivity index (χ0v) is 14.5. The van der Waals surface area contributed by atoms with E-state index in [0.29, 0.717) is 24.8 Å². The fraction of sp³-hybridized carbons (Fsp3) is 0.562. The van der Waals surface area contributed by atoms with E-state index in [2.05, 4.69) is 5.32 Å². The Bertz CT molecular complexity index is 512. The molecule has 0 fully saturated rings. The molecule has 0 saturated heterocycles. The molecule has 122 valence electrons. The number of rotatable bonds is 7. The zero-order chi connectivity index (χ0) is 15.9. The molecule has 4 nitrogen and oxygen atoms in total. The summed E-state index contributed by atoms with van der Waals surface area (Å²) in [6.07, 6.45) is 0.410. The Kier molecular flexibility index (Phi) is 7.02. The molecule has 0 bridgehead atoms. The van der Waals surface area contributed by atoms with Crippen LogP contribution in [0.3, 0.4) is 0 Å². The zero-order valence-electron chi connectivity index (χ0n) is 12.9. The molecule has 1 aromatic rings. The van der Waals surface area contributed by atoms with Crippen LogP contribution in [0.4, 0.5) is 0 Å². The Morgan fingerprint density at radius 1 is 1.50 bits per heavy atom. The van der Waals surface area contributed by atoms with Gasteiger partial charge in [0.1, 0.15) is 6.10 Å². The van der Waals surface area contributed by atoms with Gasteiger partial charge in [-0.15, -0.1) is 11.8 Å². The molecule has 0 spiro atoms. The maximum atomic E-state index is 12.3. The Labute approximate surface area is 140 Å². The van der Waals surface area contributed by atoms with Crippen LogP contribution in [-0.4, -0.2) is 37.6 Å². The van der Waals surface area contributed by atoms with E-state index in [4.69, 9.17) is 21.1 Å². The second-order valence-electron chi connectivity index (χ2n) is 5.09. The highest BCUT2D eigenvalue weighted by Crippen LogP contribution is 2.37. The fourth-order valence-electron chi connectivity index (χ4n) is 2.31. The Morgan fingerprint density at radius 2 is 2.32 bits per heavy atom. The number of halogens is 1. The SMILES string of the molecule is CCOCCO[C@H](C)C(=O)N[C@@H]1CCSc2ccc(Cl)cc21. The molecule has 2 rings (SSSR count). The molecule has 1 amide bonds. The second-order valence-corrected chi connectivity index (χ2v) is 6.66. The third-order valence-electron chi connectivity index (χ3n) is 3.50. The molecule has 1 N–H and O–H groups in total. The monoisotopic (exact) mass is 343 g/mol. The van der Waals surface area contributed by atoms with E-state index >= 15 is 0 Å². The van der Waals surface area contributed by atoms with E-state index in [1.807, 2.05) is 25.1 Å². The van der Waals surface area contributed by atoms with E-state index in [-0.39, 0.29) is 11.9 Å². The van der Waals surface area contributed by atoms with Gasteiger partial charge in [-0.25, -0.2) is 0 Å². The number of thioether (sulfide) groups is 1. The lowest BCUT2D eigenvalue weighted by atomic mass is 10.0. The number of hydrogen-bond donors (Lipinski definition) is 1. The molecule has 1 aliphatic heterocycles. The topological polar surface area (TPSA) is 47.6 Å². The molecule has 0 radical (unpaired) electrons. The molecule has 1 heterocycles. The van der Waals surface area contributed by atoms with E-state index in [9.17, 15) is 4.79 Å². The Balaban J connectivity index is 1.91. The molecule has 6 heteroatoms. The summed E-state index contributed by atoms with van der Waals surface area (Å²) >= 11 is 7.88. The standard InChI is InChI=1S/C16H22ClNO3S/c1-3-20-7-8-21-11(2)16(19)18-14-6-9-22-15-5-4-12(17)10-13(14)15/h4-5,10-11,14H,3,6-9H2,1-2H3,(H,18,19)/t11-,14-/m1/s1. The van der Waals surface area contributed by atoms with Crippen LogP contribution in [0.2, 0.25) is 5.02 Å². The highest BCUT2D eigenvalue weighted by Gasteiger charge is 2.24. The number of benzene rings is 1. The predicted molar refractivity (Wildman–Crippen MR) is 89.6 cm³/mol. The van der Waals surface area contributed by atoms with Crippen LogP contribution in [0.15, 0.2) is 23.1 Å². The number of hydrogen-bond acceptors (Lipinski definition) is 4. The molecule has 2 atom stereocenters. The van der Waals surface area contributed by atoms with Gasteiger partial charge in [-0.2, -0.15) is 0 Å². The normalized spacial score (nSPS) is 18.6. The van der Waals surface area contributed by atoms with Gasteiger partial charge in [0, 0.05) is 22.3 Å². The van der Waals surface area contributed by atoms with Gasteiger partial charge >= 0.3 is 0 Å². The summed E-state index contributed by atoms with van der Waals surface area (Å²) in [4.78, 5) is 13.4. The third kappa shape index (κ3) is 4.88. The molecule has 0 aliphatic carbocycles. The van der Waals surface area contributed by atoms with Crippen molar-refractivity contribution in [1.82, 2.24) is 5.32 Å². The Hall–Kier alpha value is -0.750. The van der Waals surface area contributed by atoms with Gasteiger partial charge in [0.05, 0.1) is 19.3 Å². The first-order valence-corrected chi connectivity index (χ1v) is 8.90. The summed E-state index contributed by atoms with van der Waals surface area (Å²) in [6, 6.07) is 5.84. The van der Waals surface area contributed by atoms with Crippen LogP contribution in [0, 0.1) is 0 Å². The average Bonchev–Trinajstić information content (AvgIpc) is 2.52. The first-order valence-electron chi connectivity index (χ1n) is 7.53. The number of ether oxygens (including phenoxy) is 2. The van der Waals surface area contributed by atoms with Crippen LogP contribution < -0.4 is 5.32 Å². The number of fused-ring (bicyclic) bond motifs is 1. The summed E-state index contributed by atoms with van der Waals surface area (Å²) < 4.78 is 10.7. The molecule has 1 aliphatic rings. The Morgan fingerprint density at radius 3 is 3.09 bits per heavy atom. The maximum absolute atomic E-state index is 12.3. The lowest BCUT2D eigenvalue weighted by Gasteiger charge is -2.27. The quantitative estimate of drug-likeness (QED) is 0.770. The molecule has 0 saturated carbocycles. The van der Waals surface area contributed by atoms with Crippen LogP contribution in [0.25, 0.3) is 0 Å². The maximum Gasteiger partial charge on any atom is 0.249 e. The van der Waals surface area contributed by atoms with Crippen molar-refractivity contribution in [3.8, 4) is 0 Å². The van der Waals surface area contributed by atoms with E-state index < -0.39 is 6.10 Å². The first-order chi connectivity index (χ1) is 10.6. The van der Waals surface area contributed by atoms with Crippen molar-refractivity contribution in [3.05, 3.63) is 28.8 Å². The minimum absolute atomic E-state index is 0.000363. The predicted octanol–water partition coefficient (Wildman–Crippen LogP) is 3.43. The van der Waals surface area contributed by atoms with Gasteiger partial charge in [0.2, 0.25) is 5.91 Å². The van der Waals surface area contributed by atoms with Crippen molar-refractivity contribution in [2.45, 2.75) is 37.3 Å². The smallest absolute Gasteiger partial charge is 0.249 e. The van der Waals surface area contributed by atoms with Crippen molar-refractivity contribution in [2.24, 2.45) is 0 Å². The molecular formula is C16H22ClNO3S. The van der Waals surface area contributed by atoms with Crippen LogP contribution in [-0.2, 0) is 14.3 Å². The minimum atomic E-state index is -0.488. The third-order valence-corrected chi connectivity index (χ3v) is 4.85. The van der Waals surface area contributed by atoms with Crippen molar-refractivity contribution >= 4 is 29.3 Å². The molecule has 0 unspecified atom stereocenters. The lowest BCUT2D eigenvalue weighted by molar-refractivity contribution is -0.133. The van der Waals surface area contributed by atoms with Gasteiger partial charge in [-0.05, 0) is 44.0 Å². The second kappa shape index (κ2) is 8.77. The number of nitrogens with one attached hydrogen (secondary N) is 1. The van der Waals surface area contributed by atoms with Crippen molar-refractivity contribution in [3.63, 3.8) is 0 Å². The lowest BCUT2D eigenvalue weighted by Crippen LogP contribution is -2.38. The number of amides is 1. The van der Waals surface area contributed by atoms with E-state index in [0.717, 1.165) is 17.7 Å². The number of carbonyl (C=O) groups is 1. The first kappa shape index (κ1) is 17.6. The molecule has 1 aromatic carbocycles. The summed E-state index contributed by atoms with van der Waals surface area (Å²) in [5, 5.41) is 3.76. The van der Waals surface area contributed by atoms with Crippen molar-refractivity contribution < 1.29 is 14.3 Å². The van der Waals surface area contributed by atoms with Crippen molar-refractivity contribution in [1.29, 1.82) is 0 Å². The number of carbonyl (C=O) groups excluding carboxylic acids is 1. The van der Waals surface area contributed by atoms with Crippen molar-refractivity contribution in [2.75, 3.05) is 25.6 Å².